The van der Waals surface area contributed by atoms with Gasteiger partial charge in [0.2, 0.25) is 0 Å². The van der Waals surface area contributed by atoms with Crippen LogP contribution in [0.4, 0.5) is 0 Å². The van der Waals surface area contributed by atoms with Gasteiger partial charge in [-0.3, -0.25) is 0 Å². The normalized spacial score (nSPS) is 12.5. The van der Waals surface area contributed by atoms with E-state index in [1.807, 2.05) is 24.4 Å². The van der Waals surface area contributed by atoms with Crippen LogP contribution in [0.5, 0.6) is 0 Å². The molecule has 2 aromatic rings. The lowest BCUT2D eigenvalue weighted by atomic mass is 10.1. The molecule has 2 nitrogen and oxygen atoms in total. The Balaban J connectivity index is 1.81. The lowest BCUT2D eigenvalue weighted by Gasteiger charge is -2.10. The van der Waals surface area contributed by atoms with Gasteiger partial charge in [0.15, 0.2) is 0 Å². The van der Waals surface area contributed by atoms with Crippen molar-refractivity contribution < 1.29 is 0 Å². The lowest BCUT2D eigenvalue weighted by molar-refractivity contribution is 0.609. The Morgan fingerprint density at radius 2 is 2.05 bits per heavy atom. The molecular formula is C16H21ClN2. The molecule has 1 aromatic heterocycles. The van der Waals surface area contributed by atoms with Crippen molar-refractivity contribution in [1.29, 1.82) is 0 Å². The van der Waals surface area contributed by atoms with Crippen molar-refractivity contribution in [3.8, 4) is 0 Å². The predicted molar refractivity (Wildman–Crippen MR) is 80.5 cm³/mol. The topological polar surface area (TPSA) is 17.8 Å². The molecular weight excluding hydrogens is 256 g/mol. The number of aryl methyl sites for hydroxylation is 2. The molecule has 0 spiro atoms. The highest BCUT2D eigenvalue weighted by atomic mass is 35.5. The zero-order valence-corrected chi connectivity index (χ0v) is 12.2. The highest BCUT2D eigenvalue weighted by Crippen LogP contribution is 2.25. The van der Waals surface area contributed by atoms with Crippen molar-refractivity contribution in [1.82, 2.24) is 9.55 Å². The number of aromatic nitrogens is 2. The summed E-state index contributed by atoms with van der Waals surface area (Å²) in [5, 5.41) is 0.107. The quantitative estimate of drug-likeness (QED) is 0.676. The first-order valence-corrected chi connectivity index (χ1v) is 7.44. The van der Waals surface area contributed by atoms with Gasteiger partial charge >= 0.3 is 0 Å². The SMILES string of the molecule is CCCn1ccnc1CCCC(Cl)c1ccccc1. The predicted octanol–water partition coefficient (Wildman–Crippen LogP) is 4.60. The Labute approximate surface area is 120 Å². The van der Waals surface area contributed by atoms with Gasteiger partial charge in [-0.15, -0.1) is 11.6 Å². The fourth-order valence-corrected chi connectivity index (χ4v) is 2.58. The maximum atomic E-state index is 6.42. The first kappa shape index (κ1) is 14.1. The summed E-state index contributed by atoms with van der Waals surface area (Å²) in [6, 6.07) is 10.3. The second-order valence-electron chi connectivity index (χ2n) is 4.81. The van der Waals surface area contributed by atoms with E-state index in [-0.39, 0.29) is 5.38 Å². The summed E-state index contributed by atoms with van der Waals surface area (Å²) in [6.45, 7) is 3.24. The fraction of sp³-hybridized carbons (Fsp3) is 0.438. The minimum atomic E-state index is 0.107. The second-order valence-corrected chi connectivity index (χ2v) is 5.33. The van der Waals surface area contributed by atoms with Gasteiger partial charge in [0.25, 0.3) is 0 Å². The lowest BCUT2D eigenvalue weighted by Crippen LogP contribution is -2.03. The van der Waals surface area contributed by atoms with E-state index in [1.165, 1.54) is 11.4 Å². The molecule has 0 amide bonds. The molecule has 0 aliphatic heterocycles. The van der Waals surface area contributed by atoms with Gasteiger partial charge in [0.1, 0.15) is 5.82 Å². The van der Waals surface area contributed by atoms with Gasteiger partial charge in [-0.05, 0) is 24.8 Å². The van der Waals surface area contributed by atoms with Crippen molar-refractivity contribution in [2.75, 3.05) is 0 Å². The molecule has 1 unspecified atom stereocenters. The van der Waals surface area contributed by atoms with Gasteiger partial charge in [-0.1, -0.05) is 37.3 Å². The number of rotatable bonds is 7. The highest BCUT2D eigenvalue weighted by molar-refractivity contribution is 6.20. The van der Waals surface area contributed by atoms with Crippen molar-refractivity contribution in [2.45, 2.75) is 44.5 Å². The van der Waals surface area contributed by atoms with Crippen LogP contribution in [0.1, 0.15) is 43.0 Å². The van der Waals surface area contributed by atoms with Crippen LogP contribution in [0.3, 0.4) is 0 Å². The molecule has 0 bridgehead atoms. The average Bonchev–Trinajstić information content (AvgIpc) is 2.88. The number of alkyl halides is 1. The molecule has 0 fully saturated rings. The van der Waals surface area contributed by atoms with Crippen LogP contribution in [-0.2, 0) is 13.0 Å². The van der Waals surface area contributed by atoms with Gasteiger partial charge in [-0.25, -0.2) is 4.98 Å². The summed E-state index contributed by atoms with van der Waals surface area (Å²) in [4.78, 5) is 4.42. The third kappa shape index (κ3) is 4.10. The van der Waals surface area contributed by atoms with Gasteiger partial charge in [-0.2, -0.15) is 0 Å². The fourth-order valence-electron chi connectivity index (χ4n) is 2.28. The maximum Gasteiger partial charge on any atom is 0.108 e. The molecule has 0 aliphatic carbocycles. The number of imidazole rings is 1. The summed E-state index contributed by atoms with van der Waals surface area (Å²) in [5.41, 5.74) is 1.21. The van der Waals surface area contributed by atoms with E-state index >= 15 is 0 Å². The van der Waals surface area contributed by atoms with Crippen LogP contribution in [0.25, 0.3) is 0 Å². The van der Waals surface area contributed by atoms with E-state index in [0.29, 0.717) is 0 Å². The molecule has 102 valence electrons. The summed E-state index contributed by atoms with van der Waals surface area (Å²) >= 11 is 6.42. The van der Waals surface area contributed by atoms with Crippen LogP contribution in [0, 0.1) is 0 Å². The molecule has 0 aliphatic rings. The van der Waals surface area contributed by atoms with Crippen LogP contribution < -0.4 is 0 Å². The largest absolute Gasteiger partial charge is 0.335 e. The standard InChI is InChI=1S/C16H21ClN2/c1-2-12-19-13-11-18-16(19)10-6-9-15(17)14-7-4-3-5-8-14/h3-5,7-8,11,13,15H,2,6,9-10,12H2,1H3. The Hall–Kier alpha value is -1.28. The molecule has 0 radical (unpaired) electrons. The van der Waals surface area contributed by atoms with Crippen LogP contribution in [0.2, 0.25) is 0 Å². The Bertz CT molecular complexity index is 479. The number of hydrogen-bond acceptors (Lipinski definition) is 1. The monoisotopic (exact) mass is 276 g/mol. The van der Waals surface area contributed by atoms with Gasteiger partial charge in [0, 0.05) is 25.4 Å². The number of hydrogen-bond donors (Lipinski definition) is 0. The van der Waals surface area contributed by atoms with Gasteiger partial charge in [0.05, 0.1) is 5.38 Å². The number of halogens is 1. The minimum absolute atomic E-state index is 0.107. The summed E-state index contributed by atoms with van der Waals surface area (Å²) in [7, 11) is 0. The smallest absolute Gasteiger partial charge is 0.108 e. The van der Waals surface area contributed by atoms with Crippen molar-refractivity contribution >= 4 is 11.6 Å². The van der Waals surface area contributed by atoms with E-state index in [0.717, 1.165) is 32.2 Å². The molecule has 0 N–H and O–H groups in total. The zero-order chi connectivity index (χ0) is 13.5. The highest BCUT2D eigenvalue weighted by Gasteiger charge is 2.08. The molecule has 0 saturated heterocycles. The molecule has 1 atom stereocenters. The van der Waals surface area contributed by atoms with E-state index in [9.17, 15) is 0 Å². The Morgan fingerprint density at radius 3 is 2.79 bits per heavy atom. The summed E-state index contributed by atoms with van der Waals surface area (Å²) in [5.74, 6) is 1.18. The van der Waals surface area contributed by atoms with Crippen molar-refractivity contribution in [3.63, 3.8) is 0 Å². The molecule has 2 rings (SSSR count). The van der Waals surface area contributed by atoms with E-state index in [2.05, 4.69) is 34.8 Å². The first-order chi connectivity index (χ1) is 9.31. The Kier molecular flexibility index (Phi) is 5.46. The van der Waals surface area contributed by atoms with E-state index in [4.69, 9.17) is 11.6 Å². The molecule has 0 saturated carbocycles. The molecule has 3 heteroatoms. The van der Waals surface area contributed by atoms with Crippen LogP contribution in [0.15, 0.2) is 42.7 Å². The third-order valence-corrected chi connectivity index (χ3v) is 3.76. The van der Waals surface area contributed by atoms with Crippen molar-refractivity contribution in [2.24, 2.45) is 0 Å². The number of nitrogens with zero attached hydrogens (tertiary/aromatic N) is 2. The number of benzene rings is 1. The maximum absolute atomic E-state index is 6.42. The van der Waals surface area contributed by atoms with Gasteiger partial charge < -0.3 is 4.57 Å². The third-order valence-electron chi connectivity index (χ3n) is 3.29. The minimum Gasteiger partial charge on any atom is -0.335 e. The van der Waals surface area contributed by atoms with Crippen molar-refractivity contribution in [3.05, 3.63) is 54.1 Å². The van der Waals surface area contributed by atoms with Crippen LogP contribution >= 0.6 is 11.6 Å². The van der Waals surface area contributed by atoms with E-state index < -0.39 is 0 Å². The Morgan fingerprint density at radius 1 is 1.26 bits per heavy atom. The first-order valence-electron chi connectivity index (χ1n) is 7.00. The average molecular weight is 277 g/mol. The molecule has 1 heterocycles. The van der Waals surface area contributed by atoms with Crippen LogP contribution in [-0.4, -0.2) is 9.55 Å². The summed E-state index contributed by atoms with van der Waals surface area (Å²) < 4.78 is 2.24. The second kappa shape index (κ2) is 7.34. The zero-order valence-electron chi connectivity index (χ0n) is 11.4. The molecule has 1 aromatic carbocycles. The molecule has 19 heavy (non-hydrogen) atoms. The summed E-state index contributed by atoms with van der Waals surface area (Å²) in [6.07, 6.45) is 8.16. The van der Waals surface area contributed by atoms with E-state index in [1.54, 1.807) is 0 Å².